The quantitative estimate of drug-likeness (QED) is 0.869. The monoisotopic (exact) mass is 315 g/mol. The molecule has 2 rings (SSSR count). The highest BCUT2D eigenvalue weighted by Gasteiger charge is 2.15. The lowest BCUT2D eigenvalue weighted by molar-refractivity contribution is 0.0939. The highest BCUT2D eigenvalue weighted by molar-refractivity contribution is 5.94. The van der Waals surface area contributed by atoms with Crippen molar-refractivity contribution in [2.75, 3.05) is 13.1 Å². The molecule has 1 aliphatic rings. The lowest BCUT2D eigenvalue weighted by Gasteiger charge is -2.30. The summed E-state index contributed by atoms with van der Waals surface area (Å²) in [6.45, 7) is 14.4. The van der Waals surface area contributed by atoms with Crippen LogP contribution in [0.3, 0.4) is 0 Å². The van der Waals surface area contributed by atoms with E-state index in [0.717, 1.165) is 17.1 Å². The van der Waals surface area contributed by atoms with Crippen LogP contribution in [0.4, 0.5) is 0 Å². The standard InChI is InChI=1S/C19H29N3O/c1-12(2)22(13(3)4)10-9-20-19(23)16-7-8-18-17(11-16)14(5)15(6)21-18/h7-8,11-13,15H,9-10H2,1-6H3,(H,20,23). The molecule has 0 spiro atoms. The second kappa shape index (κ2) is 7.26. The number of hydrogen-bond acceptors (Lipinski definition) is 3. The lowest BCUT2D eigenvalue weighted by atomic mass is 10.1. The number of hydrogen-bond donors (Lipinski definition) is 1. The molecule has 1 aromatic rings. The van der Waals surface area contributed by atoms with E-state index < -0.39 is 0 Å². The zero-order valence-corrected chi connectivity index (χ0v) is 15.2. The van der Waals surface area contributed by atoms with Crippen molar-refractivity contribution in [1.29, 1.82) is 0 Å². The molecule has 1 aromatic carbocycles. The second-order valence-electron chi connectivity index (χ2n) is 6.90. The molecule has 0 radical (unpaired) electrons. The first-order valence-corrected chi connectivity index (χ1v) is 8.54. The predicted molar refractivity (Wildman–Crippen MR) is 95.1 cm³/mol. The van der Waals surface area contributed by atoms with E-state index in [1.807, 2.05) is 18.2 Å². The molecule has 0 saturated carbocycles. The lowest BCUT2D eigenvalue weighted by Crippen LogP contribution is -2.42. The second-order valence-corrected chi connectivity index (χ2v) is 6.90. The predicted octanol–water partition coefficient (Wildman–Crippen LogP) is 1.73. The first-order chi connectivity index (χ1) is 10.8. The number of fused-ring (bicyclic) bond motifs is 1. The summed E-state index contributed by atoms with van der Waals surface area (Å²) in [5, 5.41) is 5.14. The Morgan fingerprint density at radius 1 is 1.26 bits per heavy atom. The molecule has 0 fully saturated rings. The Morgan fingerprint density at radius 2 is 1.91 bits per heavy atom. The summed E-state index contributed by atoms with van der Waals surface area (Å²) in [5.74, 6) is -0.00684. The summed E-state index contributed by atoms with van der Waals surface area (Å²) < 4.78 is 0. The van der Waals surface area contributed by atoms with Gasteiger partial charge in [0.15, 0.2) is 0 Å². The maximum atomic E-state index is 12.4. The van der Waals surface area contributed by atoms with Crippen LogP contribution in [0.15, 0.2) is 23.2 Å². The van der Waals surface area contributed by atoms with Crippen molar-refractivity contribution in [2.45, 2.75) is 59.7 Å². The maximum Gasteiger partial charge on any atom is 0.251 e. The molecule has 0 aliphatic carbocycles. The number of carbonyl (C=O) groups is 1. The molecule has 4 heteroatoms. The number of rotatable bonds is 6. The fourth-order valence-corrected chi connectivity index (χ4v) is 3.15. The van der Waals surface area contributed by atoms with Gasteiger partial charge in [0.1, 0.15) is 0 Å². The fourth-order valence-electron chi connectivity index (χ4n) is 3.15. The Bertz CT molecular complexity index is 683. The van der Waals surface area contributed by atoms with Gasteiger partial charge in [-0.25, -0.2) is 0 Å². The minimum atomic E-state index is -0.00684. The first kappa shape index (κ1) is 17.7. The first-order valence-electron chi connectivity index (χ1n) is 8.54. The Labute approximate surface area is 139 Å². The van der Waals surface area contributed by atoms with Gasteiger partial charge in [0.2, 0.25) is 0 Å². The van der Waals surface area contributed by atoms with Gasteiger partial charge in [-0.15, -0.1) is 0 Å². The van der Waals surface area contributed by atoms with Gasteiger partial charge in [0.25, 0.3) is 5.91 Å². The molecule has 0 aromatic heterocycles. The van der Waals surface area contributed by atoms with E-state index in [0.29, 0.717) is 24.2 Å². The fraction of sp³-hybridized carbons (Fsp3) is 0.579. The van der Waals surface area contributed by atoms with E-state index in [9.17, 15) is 4.79 Å². The van der Waals surface area contributed by atoms with Crippen molar-refractivity contribution in [1.82, 2.24) is 10.2 Å². The smallest absolute Gasteiger partial charge is 0.251 e. The van der Waals surface area contributed by atoms with Crippen molar-refractivity contribution < 1.29 is 4.79 Å². The molecule has 1 unspecified atom stereocenters. The molecule has 1 atom stereocenters. The average Bonchev–Trinajstić information content (AvgIpc) is 2.77. The van der Waals surface area contributed by atoms with Crippen LogP contribution in [0.1, 0.15) is 51.9 Å². The minimum absolute atomic E-state index is 0.00684. The van der Waals surface area contributed by atoms with E-state index >= 15 is 0 Å². The summed E-state index contributed by atoms with van der Waals surface area (Å²) >= 11 is 0. The molecule has 0 saturated heterocycles. The third kappa shape index (κ3) is 3.99. The van der Waals surface area contributed by atoms with Gasteiger partial charge in [0.05, 0.1) is 11.4 Å². The van der Waals surface area contributed by atoms with E-state index in [1.165, 1.54) is 5.57 Å². The van der Waals surface area contributed by atoms with E-state index in [4.69, 9.17) is 0 Å². The van der Waals surface area contributed by atoms with E-state index in [-0.39, 0.29) is 11.9 Å². The number of carbonyl (C=O) groups excluding carboxylic acids is 1. The SMILES string of the molecule is CC1=c2cc(C(=O)NCCN(C(C)C)C(C)C)ccc2=NC1C. The van der Waals surface area contributed by atoms with Crippen molar-refractivity contribution in [3.63, 3.8) is 0 Å². The van der Waals surface area contributed by atoms with Crippen LogP contribution in [0, 0.1) is 0 Å². The average molecular weight is 315 g/mol. The zero-order valence-electron chi connectivity index (χ0n) is 15.2. The molecular weight excluding hydrogens is 286 g/mol. The minimum Gasteiger partial charge on any atom is -0.351 e. The third-order valence-electron chi connectivity index (χ3n) is 4.63. The normalized spacial score (nSPS) is 16.9. The van der Waals surface area contributed by atoms with Crippen LogP contribution in [0.25, 0.3) is 5.57 Å². The molecule has 1 amide bonds. The molecule has 23 heavy (non-hydrogen) atoms. The van der Waals surface area contributed by atoms with E-state index in [1.54, 1.807) is 0 Å². The number of benzene rings is 1. The van der Waals surface area contributed by atoms with Gasteiger partial charge in [-0.2, -0.15) is 0 Å². The van der Waals surface area contributed by atoms with Crippen molar-refractivity contribution in [3.8, 4) is 0 Å². The molecule has 126 valence electrons. The molecule has 0 bridgehead atoms. The summed E-state index contributed by atoms with van der Waals surface area (Å²) in [5.41, 5.74) is 1.95. The van der Waals surface area contributed by atoms with Crippen molar-refractivity contribution >= 4 is 11.5 Å². The van der Waals surface area contributed by atoms with Gasteiger partial charge in [-0.3, -0.25) is 14.7 Å². The maximum absolute atomic E-state index is 12.4. The largest absolute Gasteiger partial charge is 0.351 e. The van der Waals surface area contributed by atoms with Crippen LogP contribution < -0.4 is 15.9 Å². The van der Waals surface area contributed by atoms with Gasteiger partial charge in [0, 0.05) is 36.0 Å². The summed E-state index contributed by atoms with van der Waals surface area (Å²) in [6, 6.07) is 6.96. The molecule has 1 N–H and O–H groups in total. The number of amides is 1. The van der Waals surface area contributed by atoms with Crippen LogP contribution in [0.2, 0.25) is 0 Å². The number of nitrogens with zero attached hydrogens (tertiary/aromatic N) is 2. The van der Waals surface area contributed by atoms with E-state index in [2.05, 4.69) is 56.8 Å². The van der Waals surface area contributed by atoms with Gasteiger partial charge in [-0.1, -0.05) is 0 Å². The Balaban J connectivity index is 2.02. The molecule has 1 aliphatic heterocycles. The molecule has 4 nitrogen and oxygen atoms in total. The van der Waals surface area contributed by atoms with Crippen molar-refractivity contribution in [2.24, 2.45) is 4.99 Å². The summed E-state index contributed by atoms with van der Waals surface area (Å²) in [7, 11) is 0. The van der Waals surface area contributed by atoms with Crippen LogP contribution in [0.5, 0.6) is 0 Å². The van der Waals surface area contributed by atoms with Crippen molar-refractivity contribution in [3.05, 3.63) is 34.3 Å². The van der Waals surface area contributed by atoms with Crippen LogP contribution in [-0.4, -0.2) is 42.0 Å². The topological polar surface area (TPSA) is 44.7 Å². The van der Waals surface area contributed by atoms with Gasteiger partial charge < -0.3 is 5.32 Å². The van der Waals surface area contributed by atoms with Gasteiger partial charge in [-0.05, 0) is 65.3 Å². The third-order valence-corrected chi connectivity index (χ3v) is 4.63. The highest BCUT2D eigenvalue weighted by atomic mass is 16.1. The Morgan fingerprint density at radius 3 is 2.52 bits per heavy atom. The summed E-state index contributed by atoms with van der Waals surface area (Å²) in [4.78, 5) is 19.3. The van der Waals surface area contributed by atoms with Crippen LogP contribution >= 0.6 is 0 Å². The highest BCUT2D eigenvalue weighted by Crippen LogP contribution is 2.07. The zero-order chi connectivity index (χ0) is 17.1. The number of nitrogens with one attached hydrogen (secondary N) is 1. The molecular formula is C19H29N3O. The Hall–Kier alpha value is -1.68. The Kier molecular flexibility index (Phi) is 5.58. The summed E-state index contributed by atoms with van der Waals surface area (Å²) in [6.07, 6.45) is 0. The van der Waals surface area contributed by atoms with Crippen LogP contribution in [-0.2, 0) is 0 Å². The van der Waals surface area contributed by atoms with Gasteiger partial charge >= 0.3 is 0 Å². The molecule has 1 heterocycles.